The number of aryl methyl sites for hydroxylation is 1. The van der Waals surface area contributed by atoms with Crippen LogP contribution in [0.1, 0.15) is 42.6 Å². The van der Waals surface area contributed by atoms with E-state index in [1.54, 1.807) is 0 Å². The third-order valence-corrected chi connectivity index (χ3v) is 4.19. The van der Waals surface area contributed by atoms with Gasteiger partial charge in [-0.15, -0.1) is 0 Å². The summed E-state index contributed by atoms with van der Waals surface area (Å²) in [5.41, 5.74) is 3.57. The molecule has 0 spiro atoms. The van der Waals surface area contributed by atoms with E-state index >= 15 is 0 Å². The summed E-state index contributed by atoms with van der Waals surface area (Å²) in [6.45, 7) is 6.31. The van der Waals surface area contributed by atoms with E-state index in [9.17, 15) is 4.39 Å². The highest BCUT2D eigenvalue weighted by molar-refractivity contribution is 9.10. The fourth-order valence-electron chi connectivity index (χ4n) is 2.27. The quantitative estimate of drug-likeness (QED) is 0.798. The SMILES string of the molecule is Cc1ccc([C@@H](C)NC(C)c2ccc(F)cc2Br)cc1. The van der Waals surface area contributed by atoms with Crippen molar-refractivity contribution < 1.29 is 4.39 Å². The fraction of sp³-hybridized carbons (Fsp3) is 0.294. The van der Waals surface area contributed by atoms with Crippen LogP contribution in [0.2, 0.25) is 0 Å². The summed E-state index contributed by atoms with van der Waals surface area (Å²) in [7, 11) is 0. The third-order valence-electron chi connectivity index (χ3n) is 3.51. The van der Waals surface area contributed by atoms with Crippen molar-refractivity contribution in [2.24, 2.45) is 0 Å². The van der Waals surface area contributed by atoms with Crippen LogP contribution in [0, 0.1) is 12.7 Å². The Morgan fingerprint density at radius 2 is 1.65 bits per heavy atom. The van der Waals surface area contributed by atoms with Crippen LogP contribution in [0.3, 0.4) is 0 Å². The summed E-state index contributed by atoms with van der Waals surface area (Å²) in [6.07, 6.45) is 0. The first kappa shape index (κ1) is 15.2. The molecule has 2 aromatic carbocycles. The average Bonchev–Trinajstić information content (AvgIpc) is 2.39. The van der Waals surface area contributed by atoms with Gasteiger partial charge in [0, 0.05) is 16.6 Å². The maximum Gasteiger partial charge on any atom is 0.124 e. The summed E-state index contributed by atoms with van der Waals surface area (Å²) < 4.78 is 13.9. The predicted octanol–water partition coefficient (Wildman–Crippen LogP) is 5.31. The molecule has 106 valence electrons. The van der Waals surface area contributed by atoms with E-state index in [1.165, 1.54) is 23.3 Å². The molecule has 0 fully saturated rings. The first-order chi connectivity index (χ1) is 9.47. The van der Waals surface area contributed by atoms with Crippen LogP contribution >= 0.6 is 15.9 Å². The van der Waals surface area contributed by atoms with E-state index in [-0.39, 0.29) is 17.9 Å². The van der Waals surface area contributed by atoms with Gasteiger partial charge in [0.15, 0.2) is 0 Å². The molecule has 0 saturated heterocycles. The monoisotopic (exact) mass is 335 g/mol. The van der Waals surface area contributed by atoms with Gasteiger partial charge in [-0.3, -0.25) is 0 Å². The van der Waals surface area contributed by atoms with E-state index in [4.69, 9.17) is 0 Å². The van der Waals surface area contributed by atoms with E-state index in [0.29, 0.717) is 0 Å². The molecule has 0 amide bonds. The number of benzene rings is 2. The van der Waals surface area contributed by atoms with Crippen molar-refractivity contribution in [1.82, 2.24) is 5.32 Å². The second-order valence-electron chi connectivity index (χ2n) is 5.19. The average molecular weight is 336 g/mol. The summed E-state index contributed by atoms with van der Waals surface area (Å²) in [5.74, 6) is -0.223. The third kappa shape index (κ3) is 3.68. The van der Waals surface area contributed by atoms with Crippen LogP contribution in [-0.2, 0) is 0 Å². The molecule has 2 atom stereocenters. The van der Waals surface area contributed by atoms with Crippen LogP contribution in [0.15, 0.2) is 46.9 Å². The highest BCUT2D eigenvalue weighted by Gasteiger charge is 2.13. The minimum Gasteiger partial charge on any atom is -0.304 e. The summed E-state index contributed by atoms with van der Waals surface area (Å²) >= 11 is 3.42. The van der Waals surface area contributed by atoms with Crippen LogP contribution in [0.5, 0.6) is 0 Å². The number of hydrogen-bond acceptors (Lipinski definition) is 1. The van der Waals surface area contributed by atoms with Gasteiger partial charge in [-0.05, 0) is 44.0 Å². The van der Waals surface area contributed by atoms with Gasteiger partial charge in [-0.2, -0.15) is 0 Å². The largest absolute Gasteiger partial charge is 0.304 e. The summed E-state index contributed by atoms with van der Waals surface area (Å²) in [6, 6.07) is 13.7. The highest BCUT2D eigenvalue weighted by Crippen LogP contribution is 2.26. The smallest absolute Gasteiger partial charge is 0.124 e. The standard InChI is InChI=1S/C17H19BrFN/c1-11-4-6-14(7-5-11)12(2)20-13(3)16-9-8-15(19)10-17(16)18/h4-10,12-13,20H,1-3H3/t12-,13?/m1/s1. The van der Waals surface area contributed by atoms with Crippen molar-refractivity contribution in [1.29, 1.82) is 0 Å². The highest BCUT2D eigenvalue weighted by atomic mass is 79.9. The molecule has 2 aromatic rings. The normalized spacial score (nSPS) is 14.1. The zero-order valence-electron chi connectivity index (χ0n) is 12.0. The molecule has 0 bridgehead atoms. The second-order valence-corrected chi connectivity index (χ2v) is 6.04. The molecular weight excluding hydrogens is 317 g/mol. The maximum atomic E-state index is 13.1. The van der Waals surface area contributed by atoms with Crippen molar-refractivity contribution in [2.75, 3.05) is 0 Å². The first-order valence-corrected chi connectivity index (χ1v) is 7.54. The minimum absolute atomic E-state index is 0.140. The van der Waals surface area contributed by atoms with Crippen molar-refractivity contribution in [3.63, 3.8) is 0 Å². The van der Waals surface area contributed by atoms with Crippen molar-refractivity contribution in [2.45, 2.75) is 32.9 Å². The van der Waals surface area contributed by atoms with Crippen molar-refractivity contribution in [3.05, 3.63) is 69.4 Å². The van der Waals surface area contributed by atoms with Gasteiger partial charge < -0.3 is 5.32 Å². The summed E-state index contributed by atoms with van der Waals surface area (Å²) in [5, 5.41) is 3.54. The molecule has 0 aliphatic heterocycles. The van der Waals surface area contributed by atoms with Gasteiger partial charge in [-0.25, -0.2) is 4.39 Å². The molecule has 20 heavy (non-hydrogen) atoms. The number of nitrogens with one attached hydrogen (secondary N) is 1. The summed E-state index contributed by atoms with van der Waals surface area (Å²) in [4.78, 5) is 0. The molecule has 1 nitrogen and oxygen atoms in total. The lowest BCUT2D eigenvalue weighted by Gasteiger charge is -2.22. The van der Waals surface area contributed by atoms with Crippen LogP contribution in [-0.4, -0.2) is 0 Å². The van der Waals surface area contributed by atoms with E-state index in [0.717, 1.165) is 10.0 Å². The molecule has 0 saturated carbocycles. The maximum absolute atomic E-state index is 13.1. The Morgan fingerprint density at radius 3 is 2.25 bits per heavy atom. The predicted molar refractivity (Wildman–Crippen MR) is 85.2 cm³/mol. The number of halogens is 2. The fourth-order valence-corrected chi connectivity index (χ4v) is 2.96. The molecular formula is C17H19BrFN. The molecule has 2 rings (SSSR count). The van der Waals surface area contributed by atoms with Gasteiger partial charge >= 0.3 is 0 Å². The lowest BCUT2D eigenvalue weighted by Crippen LogP contribution is -2.22. The van der Waals surface area contributed by atoms with Gasteiger partial charge in [-0.1, -0.05) is 51.8 Å². The molecule has 0 radical (unpaired) electrons. The molecule has 0 heterocycles. The number of hydrogen-bond donors (Lipinski definition) is 1. The molecule has 3 heteroatoms. The lowest BCUT2D eigenvalue weighted by molar-refractivity contribution is 0.492. The Bertz CT molecular complexity index is 580. The zero-order valence-corrected chi connectivity index (χ0v) is 13.5. The van der Waals surface area contributed by atoms with E-state index in [1.807, 2.05) is 6.07 Å². The van der Waals surface area contributed by atoms with Gasteiger partial charge in [0.25, 0.3) is 0 Å². The Hall–Kier alpha value is -1.19. The van der Waals surface area contributed by atoms with Crippen LogP contribution in [0.4, 0.5) is 4.39 Å². The molecule has 0 aliphatic carbocycles. The molecule has 1 unspecified atom stereocenters. The van der Waals surface area contributed by atoms with Crippen molar-refractivity contribution >= 4 is 15.9 Å². The second kappa shape index (κ2) is 6.51. The minimum atomic E-state index is -0.223. The number of rotatable bonds is 4. The van der Waals surface area contributed by atoms with Gasteiger partial charge in [0.1, 0.15) is 5.82 Å². The van der Waals surface area contributed by atoms with Gasteiger partial charge in [0.2, 0.25) is 0 Å². The van der Waals surface area contributed by atoms with E-state index < -0.39 is 0 Å². The lowest BCUT2D eigenvalue weighted by atomic mass is 10.0. The molecule has 0 aliphatic rings. The first-order valence-electron chi connectivity index (χ1n) is 6.75. The van der Waals surface area contributed by atoms with Crippen LogP contribution in [0.25, 0.3) is 0 Å². The Labute approximate surface area is 128 Å². The van der Waals surface area contributed by atoms with Crippen LogP contribution < -0.4 is 5.32 Å². The van der Waals surface area contributed by atoms with Crippen molar-refractivity contribution in [3.8, 4) is 0 Å². The zero-order chi connectivity index (χ0) is 14.7. The molecule has 0 aromatic heterocycles. The Kier molecular flexibility index (Phi) is 4.95. The Balaban J connectivity index is 2.10. The topological polar surface area (TPSA) is 12.0 Å². The molecule has 1 N–H and O–H groups in total. The Morgan fingerprint density at radius 1 is 1.00 bits per heavy atom. The van der Waals surface area contributed by atoms with Gasteiger partial charge in [0.05, 0.1) is 0 Å². The van der Waals surface area contributed by atoms with E-state index in [2.05, 4.69) is 66.3 Å².